The maximum absolute atomic E-state index is 12.5. The number of carbonyl (C=O) groups is 1. The topological polar surface area (TPSA) is 44.8 Å². The Kier molecular flexibility index (Phi) is 8.77. The van der Waals surface area contributed by atoms with Gasteiger partial charge in [0.25, 0.3) is 0 Å². The first kappa shape index (κ1) is 22.0. The third-order valence-electron chi connectivity index (χ3n) is 4.16. The molecule has 2 aromatic rings. The fourth-order valence-corrected chi connectivity index (χ4v) is 2.75. The largest absolute Gasteiger partial charge is 0.496 e. The molecule has 2 aromatic carbocycles. The predicted molar refractivity (Wildman–Crippen MR) is 118 cm³/mol. The van der Waals surface area contributed by atoms with Crippen LogP contribution in [-0.2, 0) is 6.42 Å². The van der Waals surface area contributed by atoms with Crippen LogP contribution in [-0.4, -0.2) is 12.9 Å². The molecule has 0 radical (unpaired) electrons. The molecular formula is C25H28O4. The zero-order valence-electron chi connectivity index (χ0n) is 17.5. The molecule has 0 unspecified atom stereocenters. The van der Waals surface area contributed by atoms with Crippen molar-refractivity contribution in [1.82, 2.24) is 0 Å². The first-order valence-corrected chi connectivity index (χ1v) is 9.71. The Morgan fingerprint density at radius 3 is 2.28 bits per heavy atom. The highest BCUT2D eigenvalue weighted by molar-refractivity contribution is 6.07. The summed E-state index contributed by atoms with van der Waals surface area (Å²) in [6.07, 6.45) is 12.1. The van der Waals surface area contributed by atoms with Crippen LogP contribution in [0.25, 0.3) is 6.08 Å². The second-order valence-corrected chi connectivity index (χ2v) is 6.35. The highest BCUT2D eigenvalue weighted by Crippen LogP contribution is 2.31. The third-order valence-corrected chi connectivity index (χ3v) is 4.16. The van der Waals surface area contributed by atoms with E-state index in [0.717, 1.165) is 29.7 Å². The minimum absolute atomic E-state index is 0.0871. The summed E-state index contributed by atoms with van der Waals surface area (Å²) in [4.78, 5) is 12.5. The Morgan fingerprint density at radius 1 is 0.966 bits per heavy atom. The lowest BCUT2D eigenvalue weighted by Gasteiger charge is -2.13. The summed E-state index contributed by atoms with van der Waals surface area (Å²) in [5.74, 6) is 2.02. The van der Waals surface area contributed by atoms with E-state index in [-0.39, 0.29) is 5.78 Å². The predicted octanol–water partition coefficient (Wildman–Crippen LogP) is 6.37. The van der Waals surface area contributed by atoms with Crippen molar-refractivity contribution in [3.05, 3.63) is 83.8 Å². The minimum Gasteiger partial charge on any atom is -0.496 e. The van der Waals surface area contributed by atoms with E-state index in [4.69, 9.17) is 14.2 Å². The van der Waals surface area contributed by atoms with Crippen LogP contribution in [0.3, 0.4) is 0 Å². The molecule has 4 nitrogen and oxygen atoms in total. The minimum atomic E-state index is -0.0871. The van der Waals surface area contributed by atoms with E-state index in [0.29, 0.717) is 17.1 Å². The van der Waals surface area contributed by atoms with Gasteiger partial charge >= 0.3 is 0 Å². The van der Waals surface area contributed by atoms with Crippen molar-refractivity contribution >= 4 is 11.9 Å². The maximum Gasteiger partial charge on any atom is 0.185 e. The molecule has 29 heavy (non-hydrogen) atoms. The van der Waals surface area contributed by atoms with Gasteiger partial charge in [-0.25, -0.2) is 0 Å². The molecule has 152 valence electrons. The number of ether oxygens (including phenoxy) is 3. The molecule has 2 rings (SSSR count). The monoisotopic (exact) mass is 392 g/mol. The zero-order valence-corrected chi connectivity index (χ0v) is 17.5. The molecule has 0 saturated carbocycles. The van der Waals surface area contributed by atoms with E-state index in [2.05, 4.69) is 6.92 Å². The van der Waals surface area contributed by atoms with Crippen molar-refractivity contribution in [2.75, 3.05) is 7.11 Å². The second kappa shape index (κ2) is 11.5. The summed E-state index contributed by atoms with van der Waals surface area (Å²) in [7, 11) is 1.61. The molecule has 0 fully saturated rings. The van der Waals surface area contributed by atoms with Crippen molar-refractivity contribution in [1.29, 1.82) is 0 Å². The Hall–Kier alpha value is -3.27. The van der Waals surface area contributed by atoms with Gasteiger partial charge in [0.1, 0.15) is 17.2 Å². The number of methoxy groups -OCH3 is 1. The highest BCUT2D eigenvalue weighted by atomic mass is 16.5. The Labute approximate surface area is 173 Å². The number of rotatable bonds is 10. The number of carbonyl (C=O) groups excluding carboxylic acids is 1. The third kappa shape index (κ3) is 6.39. The number of ketones is 1. The maximum atomic E-state index is 12.5. The summed E-state index contributed by atoms with van der Waals surface area (Å²) in [5, 5.41) is 0. The van der Waals surface area contributed by atoms with Gasteiger partial charge in [-0.2, -0.15) is 0 Å². The molecule has 0 heterocycles. The fraction of sp³-hybridized carbons (Fsp3) is 0.240. The number of allylic oxidation sites excluding steroid dienone is 3. The molecule has 0 aromatic heterocycles. The van der Waals surface area contributed by atoms with Gasteiger partial charge in [0.15, 0.2) is 5.78 Å². The fourth-order valence-electron chi connectivity index (χ4n) is 2.75. The molecule has 0 spiro atoms. The smallest absolute Gasteiger partial charge is 0.185 e. The van der Waals surface area contributed by atoms with Crippen LogP contribution in [0.1, 0.15) is 48.7 Å². The quantitative estimate of drug-likeness (QED) is 0.268. The van der Waals surface area contributed by atoms with E-state index in [1.165, 1.54) is 0 Å². The lowest BCUT2D eigenvalue weighted by molar-refractivity contribution is 0.104. The van der Waals surface area contributed by atoms with Gasteiger partial charge in [0.2, 0.25) is 0 Å². The summed E-state index contributed by atoms with van der Waals surface area (Å²) in [6.45, 7) is 5.90. The molecule has 0 atom stereocenters. The molecule has 0 saturated heterocycles. The van der Waals surface area contributed by atoms with Crippen LogP contribution in [0.5, 0.6) is 17.2 Å². The first-order chi connectivity index (χ1) is 14.1. The van der Waals surface area contributed by atoms with Crippen molar-refractivity contribution in [3.63, 3.8) is 0 Å². The van der Waals surface area contributed by atoms with Crippen LogP contribution < -0.4 is 14.2 Å². The van der Waals surface area contributed by atoms with E-state index >= 15 is 0 Å². The van der Waals surface area contributed by atoms with Crippen LogP contribution in [0, 0.1) is 0 Å². The van der Waals surface area contributed by atoms with Gasteiger partial charge in [0.05, 0.1) is 19.6 Å². The standard InChI is InChI=1S/C25H28O4/c1-5-8-20-17-21(24(27-4)18-25(20)29-16-7-3)11-14-23(26)19-9-12-22(13-10-19)28-15-6-2/h6-7,9-18H,5,8H2,1-4H3. The van der Waals surface area contributed by atoms with Crippen molar-refractivity contribution in [2.45, 2.75) is 33.6 Å². The van der Waals surface area contributed by atoms with E-state index in [1.807, 2.05) is 32.1 Å². The molecule has 4 heteroatoms. The van der Waals surface area contributed by atoms with Gasteiger partial charge in [-0.1, -0.05) is 25.5 Å². The Morgan fingerprint density at radius 2 is 1.66 bits per heavy atom. The molecule has 0 bridgehead atoms. The molecule has 0 aliphatic rings. The van der Waals surface area contributed by atoms with Gasteiger partial charge in [-0.15, -0.1) is 0 Å². The molecule has 0 aliphatic heterocycles. The second-order valence-electron chi connectivity index (χ2n) is 6.35. The van der Waals surface area contributed by atoms with E-state index < -0.39 is 0 Å². The van der Waals surface area contributed by atoms with Crippen molar-refractivity contribution < 1.29 is 19.0 Å². The van der Waals surface area contributed by atoms with Crippen LogP contribution in [0.4, 0.5) is 0 Å². The summed E-state index contributed by atoms with van der Waals surface area (Å²) in [5.41, 5.74) is 2.50. The van der Waals surface area contributed by atoms with Crippen molar-refractivity contribution in [3.8, 4) is 17.2 Å². The lowest BCUT2D eigenvalue weighted by atomic mass is 10.0. The molecule has 0 aliphatic carbocycles. The van der Waals surface area contributed by atoms with Crippen molar-refractivity contribution in [2.24, 2.45) is 0 Å². The van der Waals surface area contributed by atoms with Gasteiger partial charge in [-0.05, 0) is 68.3 Å². The average molecular weight is 392 g/mol. The Bertz CT molecular complexity index is 890. The molecular weight excluding hydrogens is 364 g/mol. The van der Waals surface area contributed by atoms with Gasteiger partial charge < -0.3 is 14.2 Å². The van der Waals surface area contributed by atoms with Gasteiger partial charge in [0, 0.05) is 17.2 Å². The normalized spacial score (nSPS) is 11.4. The highest BCUT2D eigenvalue weighted by Gasteiger charge is 2.10. The number of aryl methyl sites for hydroxylation is 1. The Balaban J connectivity index is 2.25. The average Bonchev–Trinajstić information content (AvgIpc) is 2.75. The van der Waals surface area contributed by atoms with E-state index in [9.17, 15) is 4.79 Å². The lowest BCUT2D eigenvalue weighted by Crippen LogP contribution is -1.97. The number of hydrogen-bond acceptors (Lipinski definition) is 4. The molecule has 0 N–H and O–H groups in total. The van der Waals surface area contributed by atoms with Gasteiger partial charge in [-0.3, -0.25) is 4.79 Å². The summed E-state index contributed by atoms with van der Waals surface area (Å²) in [6, 6.07) is 10.9. The first-order valence-electron chi connectivity index (χ1n) is 9.71. The summed E-state index contributed by atoms with van der Waals surface area (Å²) < 4.78 is 16.6. The molecule has 0 amide bonds. The van der Waals surface area contributed by atoms with E-state index in [1.54, 1.807) is 62.1 Å². The van der Waals surface area contributed by atoms with Crippen LogP contribution >= 0.6 is 0 Å². The number of hydrogen-bond donors (Lipinski definition) is 0. The number of benzene rings is 2. The van der Waals surface area contributed by atoms with Crippen LogP contribution in [0.2, 0.25) is 0 Å². The SMILES string of the molecule is CC=COc1ccc(C(=O)C=Cc2cc(CCC)c(OC=CC)cc2OC)cc1. The zero-order chi connectivity index (χ0) is 21.1. The van der Waals surface area contributed by atoms with Crippen LogP contribution in [0.15, 0.2) is 67.2 Å². The summed E-state index contributed by atoms with van der Waals surface area (Å²) >= 11 is 0.